The molecule has 2 aromatic rings. The fraction of sp³-hybridized carbons (Fsp3) is 0.300. The molecule has 2 unspecified atom stereocenters. The number of amides is 2. The number of nitrogens with zero attached hydrogens (tertiary/aromatic N) is 1. The molecule has 0 radical (unpaired) electrons. The molecule has 5 nitrogen and oxygen atoms in total. The van der Waals surface area contributed by atoms with Crippen LogP contribution in [0.5, 0.6) is 0 Å². The number of hydrogen-bond acceptors (Lipinski definition) is 2. The molecule has 6 heteroatoms. The molecule has 0 saturated carbocycles. The Kier molecular flexibility index (Phi) is 5.21. The van der Waals surface area contributed by atoms with Gasteiger partial charge in [0.15, 0.2) is 0 Å². The van der Waals surface area contributed by atoms with Gasteiger partial charge in [0.05, 0.1) is 11.6 Å². The average molecular weight is 356 g/mol. The molecule has 0 aromatic heterocycles. The highest BCUT2D eigenvalue weighted by molar-refractivity contribution is 5.87. The number of hydrogen-bond donors (Lipinski definition) is 2. The minimum absolute atomic E-state index is 0.202. The summed E-state index contributed by atoms with van der Waals surface area (Å²) in [5.41, 5.74) is 1.55. The van der Waals surface area contributed by atoms with Gasteiger partial charge in [-0.05, 0) is 36.1 Å². The van der Waals surface area contributed by atoms with E-state index in [4.69, 9.17) is 5.11 Å². The van der Waals surface area contributed by atoms with E-state index in [0.717, 1.165) is 12.0 Å². The van der Waals surface area contributed by atoms with Crippen LogP contribution in [0, 0.1) is 11.7 Å². The number of carbonyl (C=O) groups is 2. The summed E-state index contributed by atoms with van der Waals surface area (Å²) in [6, 6.07) is 12.4. The van der Waals surface area contributed by atoms with Gasteiger partial charge in [0.1, 0.15) is 5.82 Å². The molecule has 1 aliphatic rings. The van der Waals surface area contributed by atoms with E-state index in [9.17, 15) is 14.0 Å². The maximum absolute atomic E-state index is 14.2. The summed E-state index contributed by atoms with van der Waals surface area (Å²) in [7, 11) is 0. The van der Waals surface area contributed by atoms with Crippen LogP contribution in [0.15, 0.2) is 48.5 Å². The van der Waals surface area contributed by atoms with Crippen LogP contribution in [0.2, 0.25) is 0 Å². The monoisotopic (exact) mass is 356 g/mol. The van der Waals surface area contributed by atoms with Gasteiger partial charge in [-0.25, -0.2) is 14.0 Å². The third-order valence-electron chi connectivity index (χ3n) is 4.68. The van der Waals surface area contributed by atoms with Gasteiger partial charge < -0.3 is 15.3 Å². The highest BCUT2D eigenvalue weighted by Gasteiger charge is 2.35. The number of carboxylic acid groups (broad SMARTS) is 1. The lowest BCUT2D eigenvalue weighted by atomic mass is 10.0. The Morgan fingerprint density at radius 2 is 1.88 bits per heavy atom. The number of carbonyl (C=O) groups excluding carboxylic acids is 1. The van der Waals surface area contributed by atoms with Crippen molar-refractivity contribution in [2.45, 2.75) is 25.9 Å². The van der Waals surface area contributed by atoms with Gasteiger partial charge >= 0.3 is 12.0 Å². The van der Waals surface area contributed by atoms with E-state index >= 15 is 0 Å². The quantitative estimate of drug-likeness (QED) is 0.875. The number of rotatable bonds is 4. The van der Waals surface area contributed by atoms with E-state index in [1.165, 1.54) is 18.2 Å². The van der Waals surface area contributed by atoms with Gasteiger partial charge in [0.2, 0.25) is 0 Å². The fourth-order valence-corrected chi connectivity index (χ4v) is 3.35. The topological polar surface area (TPSA) is 69.6 Å². The molecule has 0 aliphatic carbocycles. The van der Waals surface area contributed by atoms with Crippen molar-refractivity contribution < 1.29 is 19.1 Å². The SMILES string of the molecule is CC1CC(c2ccccc2F)N(C(=O)NCc2ccc(C(=O)O)cc2)C1. The number of carboxylic acids is 1. The van der Waals surface area contributed by atoms with Crippen molar-refractivity contribution in [3.05, 3.63) is 71.0 Å². The number of halogens is 1. The molecule has 3 rings (SSSR count). The zero-order valence-corrected chi connectivity index (χ0v) is 14.5. The first-order valence-corrected chi connectivity index (χ1v) is 8.57. The van der Waals surface area contributed by atoms with Crippen LogP contribution in [-0.2, 0) is 6.54 Å². The van der Waals surface area contributed by atoms with Gasteiger partial charge in [0, 0.05) is 18.7 Å². The van der Waals surface area contributed by atoms with Crippen molar-refractivity contribution in [1.29, 1.82) is 0 Å². The Hall–Kier alpha value is -2.89. The van der Waals surface area contributed by atoms with Crippen molar-refractivity contribution in [1.82, 2.24) is 10.2 Å². The van der Waals surface area contributed by atoms with Crippen molar-refractivity contribution in [3.63, 3.8) is 0 Å². The highest BCUT2D eigenvalue weighted by Crippen LogP contribution is 2.36. The first-order chi connectivity index (χ1) is 12.5. The molecule has 0 bridgehead atoms. The Bertz CT molecular complexity index is 807. The standard InChI is InChI=1S/C20H21FN2O3/c1-13-10-18(16-4-2-3-5-17(16)21)23(12-13)20(26)22-11-14-6-8-15(9-7-14)19(24)25/h2-9,13,18H,10-12H2,1H3,(H,22,26)(H,24,25). The summed E-state index contributed by atoms with van der Waals surface area (Å²) in [6.07, 6.45) is 0.724. The van der Waals surface area contributed by atoms with Crippen molar-refractivity contribution >= 4 is 12.0 Å². The van der Waals surface area contributed by atoms with E-state index in [-0.39, 0.29) is 30.0 Å². The van der Waals surface area contributed by atoms with Gasteiger partial charge in [-0.15, -0.1) is 0 Å². The maximum atomic E-state index is 14.2. The van der Waals surface area contributed by atoms with Crippen molar-refractivity contribution in [2.24, 2.45) is 5.92 Å². The van der Waals surface area contributed by atoms with Gasteiger partial charge in [-0.3, -0.25) is 0 Å². The molecule has 2 N–H and O–H groups in total. The van der Waals surface area contributed by atoms with Crippen LogP contribution in [0.4, 0.5) is 9.18 Å². The molecule has 2 amide bonds. The Balaban J connectivity index is 1.68. The summed E-state index contributed by atoms with van der Waals surface area (Å²) in [5, 5.41) is 11.8. The van der Waals surface area contributed by atoms with Gasteiger partial charge in [-0.1, -0.05) is 37.3 Å². The van der Waals surface area contributed by atoms with E-state index in [1.54, 1.807) is 35.2 Å². The second-order valence-corrected chi connectivity index (χ2v) is 6.69. The first kappa shape index (κ1) is 17.9. The lowest BCUT2D eigenvalue weighted by Gasteiger charge is -2.25. The molecule has 136 valence electrons. The van der Waals surface area contributed by atoms with Crippen LogP contribution in [0.3, 0.4) is 0 Å². The predicted molar refractivity (Wildman–Crippen MR) is 95.3 cm³/mol. The van der Waals surface area contributed by atoms with E-state index in [0.29, 0.717) is 18.0 Å². The number of aromatic carboxylic acids is 1. The largest absolute Gasteiger partial charge is 0.478 e. The molecule has 1 saturated heterocycles. The molecular weight excluding hydrogens is 335 g/mol. The number of benzene rings is 2. The minimum Gasteiger partial charge on any atom is -0.478 e. The molecule has 1 aliphatic heterocycles. The van der Waals surface area contributed by atoms with Gasteiger partial charge in [0.25, 0.3) is 0 Å². The third-order valence-corrected chi connectivity index (χ3v) is 4.68. The highest BCUT2D eigenvalue weighted by atomic mass is 19.1. The second-order valence-electron chi connectivity index (χ2n) is 6.69. The summed E-state index contributed by atoms with van der Waals surface area (Å²) < 4.78 is 14.2. The zero-order valence-electron chi connectivity index (χ0n) is 14.5. The van der Waals surface area contributed by atoms with Crippen molar-refractivity contribution in [2.75, 3.05) is 6.54 Å². The lowest BCUT2D eigenvalue weighted by Crippen LogP contribution is -2.39. The lowest BCUT2D eigenvalue weighted by molar-refractivity contribution is 0.0697. The summed E-state index contributed by atoms with van der Waals surface area (Å²) in [5.74, 6) is -0.992. The minimum atomic E-state index is -0.987. The number of likely N-dealkylation sites (tertiary alicyclic amines) is 1. The molecule has 1 fully saturated rings. The summed E-state index contributed by atoms with van der Waals surface area (Å²) >= 11 is 0. The molecular formula is C20H21FN2O3. The van der Waals surface area contributed by atoms with E-state index in [2.05, 4.69) is 5.32 Å². The molecule has 2 atom stereocenters. The molecule has 0 spiro atoms. The van der Waals surface area contributed by atoms with Crippen LogP contribution in [-0.4, -0.2) is 28.6 Å². The molecule has 1 heterocycles. The summed E-state index contributed by atoms with van der Waals surface area (Å²) in [6.45, 7) is 2.90. The first-order valence-electron chi connectivity index (χ1n) is 8.57. The van der Waals surface area contributed by atoms with Crippen LogP contribution in [0.1, 0.15) is 40.9 Å². The smallest absolute Gasteiger partial charge is 0.335 e. The fourth-order valence-electron chi connectivity index (χ4n) is 3.35. The molecule has 26 heavy (non-hydrogen) atoms. The van der Waals surface area contributed by atoms with Gasteiger partial charge in [-0.2, -0.15) is 0 Å². The predicted octanol–water partition coefficient (Wildman–Crippen LogP) is 3.82. The Morgan fingerprint density at radius 3 is 2.54 bits per heavy atom. The average Bonchev–Trinajstić information content (AvgIpc) is 3.02. The summed E-state index contributed by atoms with van der Waals surface area (Å²) in [4.78, 5) is 25.2. The van der Waals surface area contributed by atoms with Crippen LogP contribution in [0.25, 0.3) is 0 Å². The zero-order chi connectivity index (χ0) is 18.7. The van der Waals surface area contributed by atoms with Crippen molar-refractivity contribution in [3.8, 4) is 0 Å². The Morgan fingerprint density at radius 1 is 1.19 bits per heavy atom. The maximum Gasteiger partial charge on any atom is 0.335 e. The third kappa shape index (κ3) is 3.85. The van der Waals surface area contributed by atoms with E-state index in [1.807, 2.05) is 6.92 Å². The Labute approximate surface area is 151 Å². The second kappa shape index (κ2) is 7.56. The van der Waals surface area contributed by atoms with Crippen LogP contribution >= 0.6 is 0 Å². The molecule has 2 aromatic carbocycles. The normalized spacial score (nSPS) is 19.4. The van der Waals surface area contributed by atoms with E-state index < -0.39 is 5.97 Å². The van der Waals surface area contributed by atoms with Crippen LogP contribution < -0.4 is 5.32 Å². The number of nitrogens with one attached hydrogen (secondary N) is 1. The number of urea groups is 1.